The van der Waals surface area contributed by atoms with Crippen molar-refractivity contribution in [1.82, 2.24) is 0 Å². The molecule has 4 heteroatoms. The molecule has 2 radical (unpaired) electrons. The fourth-order valence-electron chi connectivity index (χ4n) is 2.76. The normalized spacial score (nSPS) is 12.9. The molecule has 0 aromatic heterocycles. The van der Waals surface area contributed by atoms with Crippen LogP contribution in [-0.4, -0.2) is 9.52 Å². The summed E-state index contributed by atoms with van der Waals surface area (Å²) in [6.45, 7) is 10.8. The maximum atomic E-state index is 3.26. The van der Waals surface area contributed by atoms with Crippen molar-refractivity contribution in [3.63, 3.8) is 0 Å². The summed E-state index contributed by atoms with van der Waals surface area (Å²) in [4.78, 5) is 0. The number of benzene rings is 2. The number of halogens is 2. The number of aryl methyl sites for hydroxylation is 2. The third-order valence-corrected chi connectivity index (χ3v) is 6.63. The van der Waals surface area contributed by atoms with Gasteiger partial charge in [-0.3, -0.25) is 12.2 Å². The van der Waals surface area contributed by atoms with Gasteiger partial charge in [-0.2, -0.15) is 17.2 Å². The van der Waals surface area contributed by atoms with E-state index in [9.17, 15) is 0 Å². The molecule has 0 heterocycles. The number of hydrogen-bond donors (Lipinski definition) is 0. The van der Waals surface area contributed by atoms with Crippen LogP contribution in [0.3, 0.4) is 0 Å². The Morgan fingerprint density at radius 3 is 1.55 bits per heavy atom. The van der Waals surface area contributed by atoms with Crippen LogP contribution < -0.4 is 10.4 Å². The summed E-state index contributed by atoms with van der Waals surface area (Å²) in [6.07, 6.45) is 14.3. The first kappa shape index (κ1) is 32.3. The molecule has 2 aromatic rings. The van der Waals surface area contributed by atoms with Crippen LogP contribution in [0.2, 0.25) is 0 Å². The van der Waals surface area contributed by atoms with Gasteiger partial charge in [-0.05, 0) is 13.8 Å². The van der Waals surface area contributed by atoms with Crippen LogP contribution in [0.1, 0.15) is 44.7 Å². The molecule has 162 valence electrons. The van der Waals surface area contributed by atoms with Crippen LogP contribution in [-0.2, 0) is 26.2 Å². The van der Waals surface area contributed by atoms with Crippen molar-refractivity contribution in [3.8, 4) is 0 Å². The zero-order valence-corrected chi connectivity index (χ0v) is 24.2. The van der Waals surface area contributed by atoms with Gasteiger partial charge in [0.1, 0.15) is 9.52 Å². The molecule has 2 aromatic carbocycles. The maximum absolute atomic E-state index is 3.26. The molecule has 0 saturated heterocycles. The standard InChI is InChI=1S/C14H14Si.C8H11.C5H5.2ClH.Zr/c1-11-7-3-5-9-13(11)15-14-10-6-4-8-12(14)2;1-6-4-5-7(2)8(6)3;1-2-4-5-3-1;;;/h3-10H,1-2H3;4H2,1-3H3;1-3H,4H2;2*1H;/q;2*-1;;;+2. The van der Waals surface area contributed by atoms with E-state index in [1.165, 1.54) is 38.2 Å². The molecule has 31 heavy (non-hydrogen) atoms. The zero-order valence-electron chi connectivity index (χ0n) is 19.1. The van der Waals surface area contributed by atoms with Crippen LogP contribution >= 0.6 is 24.8 Å². The second kappa shape index (κ2) is 17.6. The smallest absolute Gasteiger partial charge is 0.273 e. The SMILES string of the molecule is CC1=[C-]CC(C)=C1C.Cc1ccccc1[Si]c1ccccc1C.Cl.Cl.[C-]1=CC=CC1.[Zr+2]. The molecule has 2 aliphatic carbocycles. The summed E-state index contributed by atoms with van der Waals surface area (Å²) in [7, 11) is 0.774. The fraction of sp³-hybridized carbons (Fsp3) is 0.259. The van der Waals surface area contributed by atoms with Gasteiger partial charge < -0.3 is 0 Å². The van der Waals surface area contributed by atoms with Crippen LogP contribution in [0.4, 0.5) is 0 Å². The van der Waals surface area contributed by atoms with Crippen molar-refractivity contribution in [2.45, 2.75) is 47.5 Å². The van der Waals surface area contributed by atoms with E-state index < -0.39 is 0 Å². The topological polar surface area (TPSA) is 0 Å². The Morgan fingerprint density at radius 2 is 1.29 bits per heavy atom. The van der Waals surface area contributed by atoms with Gasteiger partial charge in [0.2, 0.25) is 0 Å². The first-order chi connectivity index (χ1) is 13.5. The van der Waals surface area contributed by atoms with E-state index >= 15 is 0 Å². The largest absolute Gasteiger partial charge is 2.00 e. The molecule has 4 rings (SSSR count). The first-order valence-corrected chi connectivity index (χ1v) is 10.8. The molecule has 0 unspecified atom stereocenters. The molecule has 0 atom stereocenters. The number of hydrogen-bond acceptors (Lipinski definition) is 0. The Hall–Kier alpha value is -0.920. The molecule has 0 aliphatic heterocycles. The maximum Gasteiger partial charge on any atom is 2.00 e. The minimum Gasteiger partial charge on any atom is -0.273 e. The molecule has 0 N–H and O–H groups in total. The summed E-state index contributed by atoms with van der Waals surface area (Å²) in [6, 6.07) is 17.2. The predicted molar refractivity (Wildman–Crippen MR) is 139 cm³/mol. The molecule has 0 saturated carbocycles. The molecule has 2 aliphatic rings. The fourth-order valence-corrected chi connectivity index (χ4v) is 3.97. The van der Waals surface area contributed by atoms with Gasteiger partial charge >= 0.3 is 26.2 Å². The van der Waals surface area contributed by atoms with Gasteiger partial charge in [-0.1, -0.05) is 83.9 Å². The van der Waals surface area contributed by atoms with Gasteiger partial charge in [-0.25, -0.2) is 17.7 Å². The summed E-state index contributed by atoms with van der Waals surface area (Å²) < 4.78 is 0. The Morgan fingerprint density at radius 1 is 0.774 bits per heavy atom. The van der Waals surface area contributed by atoms with Crippen molar-refractivity contribution in [3.05, 3.63) is 107 Å². The Labute approximate surface area is 223 Å². The van der Waals surface area contributed by atoms with Crippen molar-refractivity contribution < 1.29 is 26.2 Å². The van der Waals surface area contributed by atoms with Crippen LogP contribution in [0.5, 0.6) is 0 Å². The quantitative estimate of drug-likeness (QED) is 0.295. The van der Waals surface area contributed by atoms with E-state index in [0.29, 0.717) is 0 Å². The average Bonchev–Trinajstić information content (AvgIpc) is 3.37. The number of rotatable bonds is 2. The minimum atomic E-state index is 0. The summed E-state index contributed by atoms with van der Waals surface area (Å²) in [5, 5.41) is 2.90. The van der Waals surface area contributed by atoms with Crippen molar-refractivity contribution in [2.24, 2.45) is 0 Å². The van der Waals surface area contributed by atoms with Crippen molar-refractivity contribution in [2.75, 3.05) is 0 Å². The second-order valence-electron chi connectivity index (χ2n) is 7.14. The van der Waals surface area contributed by atoms with Crippen molar-refractivity contribution in [1.29, 1.82) is 0 Å². The van der Waals surface area contributed by atoms with Gasteiger partial charge in [0, 0.05) is 0 Å². The van der Waals surface area contributed by atoms with Crippen LogP contribution in [0.15, 0.2) is 83.5 Å². The molecule has 0 bridgehead atoms. The molecule has 0 nitrogen and oxygen atoms in total. The predicted octanol–water partition coefficient (Wildman–Crippen LogP) is 6.58. The summed E-state index contributed by atoms with van der Waals surface area (Å²) in [5.41, 5.74) is 7.02. The van der Waals surface area contributed by atoms with Crippen molar-refractivity contribution >= 4 is 44.7 Å². The molecular weight excluding hydrogens is 515 g/mol. The van der Waals surface area contributed by atoms with Crippen LogP contribution in [0.25, 0.3) is 0 Å². The van der Waals surface area contributed by atoms with E-state index in [1.807, 2.05) is 12.2 Å². The Balaban J connectivity index is 0. The van der Waals surface area contributed by atoms with Gasteiger partial charge in [0.15, 0.2) is 0 Å². The molecular formula is C27H32Cl2SiZr. The van der Waals surface area contributed by atoms with Crippen LogP contribution in [0, 0.1) is 26.0 Å². The zero-order chi connectivity index (χ0) is 20.4. The summed E-state index contributed by atoms with van der Waals surface area (Å²) >= 11 is 0. The average molecular weight is 547 g/mol. The minimum absolute atomic E-state index is 0. The molecule has 0 amide bonds. The van der Waals surface area contributed by atoms with E-state index in [4.69, 9.17) is 0 Å². The Bertz CT molecular complexity index is 852. The first-order valence-electron chi connectivity index (χ1n) is 9.83. The van der Waals surface area contributed by atoms with Gasteiger partial charge in [0.25, 0.3) is 0 Å². The van der Waals surface area contributed by atoms with E-state index in [1.54, 1.807) is 0 Å². The third kappa shape index (κ3) is 11.5. The summed E-state index contributed by atoms with van der Waals surface area (Å²) in [5.74, 6) is 0. The van der Waals surface area contributed by atoms with Gasteiger partial charge in [0.05, 0.1) is 0 Å². The third-order valence-electron chi connectivity index (χ3n) is 4.97. The van der Waals surface area contributed by atoms with E-state index in [2.05, 4.69) is 101 Å². The van der Waals surface area contributed by atoms with E-state index in [0.717, 1.165) is 22.4 Å². The number of allylic oxidation sites excluding steroid dienone is 8. The monoisotopic (exact) mass is 544 g/mol. The molecule has 0 spiro atoms. The van der Waals surface area contributed by atoms with Gasteiger partial charge in [-0.15, -0.1) is 44.6 Å². The second-order valence-corrected chi connectivity index (χ2v) is 8.47. The van der Waals surface area contributed by atoms with E-state index in [-0.39, 0.29) is 51.0 Å². The molecule has 0 fully saturated rings. The Kier molecular flexibility index (Phi) is 18.3.